The third-order valence-electron chi connectivity index (χ3n) is 6.65. The molecule has 0 spiro atoms. The quantitative estimate of drug-likeness (QED) is 0.368. The number of anilines is 1. The molecule has 1 N–H and O–H groups in total. The van der Waals surface area contributed by atoms with Crippen molar-refractivity contribution in [3.8, 4) is 5.75 Å². The number of nitrogens with zero attached hydrogens (tertiary/aromatic N) is 3. The monoisotopic (exact) mass is 488 g/mol. The molecular weight excluding hydrogens is 460 g/mol. The molecule has 1 aliphatic heterocycles. The molecule has 0 saturated carbocycles. The van der Waals surface area contributed by atoms with Crippen LogP contribution >= 0.6 is 11.6 Å². The van der Waals surface area contributed by atoms with Crippen LogP contribution in [0.4, 0.5) is 5.69 Å². The lowest BCUT2D eigenvalue weighted by molar-refractivity contribution is -0.121. The molecule has 0 bridgehead atoms. The van der Waals surface area contributed by atoms with Crippen molar-refractivity contribution in [3.05, 3.63) is 89.2 Å². The fraction of sp³-hybridized carbons (Fsp3) is 0.286. The van der Waals surface area contributed by atoms with Gasteiger partial charge in [0.15, 0.2) is 0 Å². The molecule has 0 aliphatic carbocycles. The second-order valence-corrected chi connectivity index (χ2v) is 9.44. The van der Waals surface area contributed by atoms with E-state index in [4.69, 9.17) is 21.3 Å². The Morgan fingerprint density at radius 3 is 2.54 bits per heavy atom. The Bertz CT molecular complexity index is 1310. The molecule has 1 aliphatic rings. The zero-order valence-corrected chi connectivity index (χ0v) is 20.5. The van der Waals surface area contributed by atoms with Crippen LogP contribution < -0.4 is 10.1 Å². The van der Waals surface area contributed by atoms with E-state index in [1.54, 1.807) is 19.2 Å². The summed E-state index contributed by atoms with van der Waals surface area (Å²) in [4.78, 5) is 20.1. The number of hydrogen-bond donors (Lipinski definition) is 1. The number of methoxy groups -OCH3 is 1. The van der Waals surface area contributed by atoms with Gasteiger partial charge in [0.2, 0.25) is 5.91 Å². The number of likely N-dealkylation sites (tertiary alicyclic amines) is 1. The van der Waals surface area contributed by atoms with E-state index in [-0.39, 0.29) is 11.8 Å². The van der Waals surface area contributed by atoms with Crippen LogP contribution in [0.2, 0.25) is 5.02 Å². The fourth-order valence-corrected chi connectivity index (χ4v) is 4.89. The molecule has 6 nitrogen and oxygen atoms in total. The first-order valence-corrected chi connectivity index (χ1v) is 12.3. The number of carbonyl (C=O) groups excluding carboxylic acids is 1. The third kappa shape index (κ3) is 5.50. The summed E-state index contributed by atoms with van der Waals surface area (Å²) in [5, 5.41) is 3.63. The number of fused-ring (bicyclic) bond motifs is 1. The summed E-state index contributed by atoms with van der Waals surface area (Å²) in [6.07, 6.45) is 1.65. The van der Waals surface area contributed by atoms with Crippen molar-refractivity contribution < 1.29 is 9.53 Å². The Hall–Kier alpha value is -3.35. The highest BCUT2D eigenvalue weighted by molar-refractivity contribution is 6.30. The Morgan fingerprint density at radius 1 is 1.03 bits per heavy atom. The van der Waals surface area contributed by atoms with Crippen molar-refractivity contribution in [1.82, 2.24) is 14.5 Å². The van der Waals surface area contributed by atoms with Gasteiger partial charge in [-0.05, 0) is 74.0 Å². The van der Waals surface area contributed by atoms with Crippen LogP contribution in [0.3, 0.4) is 0 Å². The minimum absolute atomic E-state index is 0.00310. The van der Waals surface area contributed by atoms with E-state index in [9.17, 15) is 4.79 Å². The van der Waals surface area contributed by atoms with E-state index < -0.39 is 0 Å². The van der Waals surface area contributed by atoms with E-state index >= 15 is 0 Å². The van der Waals surface area contributed by atoms with Gasteiger partial charge in [0.25, 0.3) is 0 Å². The molecule has 1 saturated heterocycles. The summed E-state index contributed by atoms with van der Waals surface area (Å²) in [6, 6.07) is 23.8. The predicted octanol–water partition coefficient (Wildman–Crippen LogP) is 5.60. The van der Waals surface area contributed by atoms with Gasteiger partial charge in [0, 0.05) is 23.2 Å². The Labute approximate surface area is 210 Å². The number of aromatic nitrogens is 2. The van der Waals surface area contributed by atoms with Gasteiger partial charge in [-0.2, -0.15) is 0 Å². The van der Waals surface area contributed by atoms with Gasteiger partial charge in [0.1, 0.15) is 11.6 Å². The summed E-state index contributed by atoms with van der Waals surface area (Å²) in [7, 11) is 1.68. The summed E-state index contributed by atoms with van der Waals surface area (Å²) in [6.45, 7) is 3.23. The van der Waals surface area contributed by atoms with E-state index in [1.165, 1.54) is 5.56 Å². The van der Waals surface area contributed by atoms with Gasteiger partial charge in [-0.1, -0.05) is 41.9 Å². The number of piperidine rings is 1. The molecule has 180 valence electrons. The number of ether oxygens (including phenoxy) is 1. The van der Waals surface area contributed by atoms with Gasteiger partial charge in [-0.15, -0.1) is 0 Å². The molecule has 1 aromatic heterocycles. The number of amides is 1. The van der Waals surface area contributed by atoms with E-state index in [1.807, 2.05) is 30.3 Å². The summed E-state index contributed by atoms with van der Waals surface area (Å²) in [5.41, 5.74) is 4.09. The molecule has 2 heterocycles. The second kappa shape index (κ2) is 10.5. The van der Waals surface area contributed by atoms with Crippen LogP contribution in [-0.2, 0) is 17.9 Å². The topological polar surface area (TPSA) is 59.4 Å². The Morgan fingerprint density at radius 2 is 1.80 bits per heavy atom. The first-order valence-electron chi connectivity index (χ1n) is 11.9. The maximum atomic E-state index is 12.8. The molecule has 7 heteroatoms. The molecule has 0 radical (unpaired) electrons. The van der Waals surface area contributed by atoms with Gasteiger partial charge < -0.3 is 14.6 Å². The minimum Gasteiger partial charge on any atom is -0.497 e. The van der Waals surface area contributed by atoms with Crippen LogP contribution in [-0.4, -0.2) is 40.6 Å². The van der Waals surface area contributed by atoms with Crippen molar-refractivity contribution in [2.24, 2.45) is 5.92 Å². The van der Waals surface area contributed by atoms with E-state index in [2.05, 4.69) is 45.1 Å². The predicted molar refractivity (Wildman–Crippen MR) is 140 cm³/mol. The van der Waals surface area contributed by atoms with Crippen LogP contribution in [0, 0.1) is 5.92 Å². The highest BCUT2D eigenvalue weighted by Crippen LogP contribution is 2.24. The zero-order valence-electron chi connectivity index (χ0n) is 19.8. The second-order valence-electron chi connectivity index (χ2n) is 9.00. The van der Waals surface area contributed by atoms with Gasteiger partial charge in [0.05, 0.1) is 24.7 Å². The molecule has 0 atom stereocenters. The first kappa shape index (κ1) is 23.4. The summed E-state index contributed by atoms with van der Waals surface area (Å²) in [5.74, 6) is 1.97. The van der Waals surface area contributed by atoms with Crippen LogP contribution in [0.25, 0.3) is 11.0 Å². The number of hydrogen-bond acceptors (Lipinski definition) is 4. The van der Waals surface area contributed by atoms with E-state index in [0.29, 0.717) is 5.02 Å². The SMILES string of the molecule is COc1ccc(Cn2c(CN3CCC(C(=O)Nc4cccc(Cl)c4)CC3)nc3ccccc32)cc1. The van der Waals surface area contributed by atoms with E-state index in [0.717, 1.165) is 67.3 Å². The number of para-hydroxylation sites is 2. The standard InChI is InChI=1S/C28H29ClN4O2/c1-35-24-11-9-20(10-12-24)18-33-26-8-3-2-7-25(26)31-27(33)19-32-15-13-21(14-16-32)28(34)30-23-6-4-5-22(29)17-23/h2-12,17,21H,13-16,18-19H2,1H3,(H,30,34). The molecule has 5 rings (SSSR count). The van der Waals surface area contributed by atoms with Crippen LogP contribution in [0.1, 0.15) is 24.2 Å². The largest absolute Gasteiger partial charge is 0.497 e. The lowest BCUT2D eigenvalue weighted by Crippen LogP contribution is -2.38. The molecule has 1 amide bonds. The van der Waals surface area contributed by atoms with Crippen LogP contribution in [0.5, 0.6) is 5.75 Å². The molecule has 4 aromatic rings. The third-order valence-corrected chi connectivity index (χ3v) is 6.88. The van der Waals surface area contributed by atoms with Crippen molar-refractivity contribution in [2.75, 3.05) is 25.5 Å². The average molecular weight is 489 g/mol. The Balaban J connectivity index is 1.26. The molecular formula is C28H29ClN4O2. The van der Waals surface area contributed by atoms with Crippen molar-refractivity contribution >= 4 is 34.2 Å². The van der Waals surface area contributed by atoms with Gasteiger partial charge in [-0.25, -0.2) is 4.98 Å². The van der Waals surface area contributed by atoms with Crippen molar-refractivity contribution in [2.45, 2.75) is 25.9 Å². The molecule has 3 aromatic carbocycles. The maximum Gasteiger partial charge on any atom is 0.227 e. The highest BCUT2D eigenvalue weighted by atomic mass is 35.5. The first-order chi connectivity index (χ1) is 17.1. The maximum absolute atomic E-state index is 12.8. The average Bonchev–Trinajstić information content (AvgIpc) is 3.21. The number of halogens is 1. The van der Waals surface area contributed by atoms with Crippen LogP contribution in [0.15, 0.2) is 72.8 Å². The number of imidazole rings is 1. The molecule has 35 heavy (non-hydrogen) atoms. The van der Waals surface area contributed by atoms with Gasteiger partial charge >= 0.3 is 0 Å². The highest BCUT2D eigenvalue weighted by Gasteiger charge is 2.26. The smallest absolute Gasteiger partial charge is 0.227 e. The summed E-state index contributed by atoms with van der Waals surface area (Å²) < 4.78 is 7.60. The lowest BCUT2D eigenvalue weighted by atomic mass is 9.96. The number of benzene rings is 3. The minimum atomic E-state index is 0.00310. The number of rotatable bonds is 7. The van der Waals surface area contributed by atoms with Crippen molar-refractivity contribution in [1.29, 1.82) is 0 Å². The summed E-state index contributed by atoms with van der Waals surface area (Å²) >= 11 is 6.05. The molecule has 0 unspecified atom stereocenters. The number of nitrogens with one attached hydrogen (secondary N) is 1. The zero-order chi connectivity index (χ0) is 24.2. The fourth-order valence-electron chi connectivity index (χ4n) is 4.70. The normalized spacial score (nSPS) is 14.8. The van der Waals surface area contributed by atoms with Crippen molar-refractivity contribution in [3.63, 3.8) is 0 Å². The molecule has 1 fully saturated rings. The van der Waals surface area contributed by atoms with Gasteiger partial charge in [-0.3, -0.25) is 9.69 Å². The lowest BCUT2D eigenvalue weighted by Gasteiger charge is -2.31. The Kier molecular flexibility index (Phi) is 7.02. The number of carbonyl (C=O) groups is 1.